The molecule has 174 valence electrons. The summed E-state index contributed by atoms with van der Waals surface area (Å²) in [5.74, 6) is 20.0. The maximum absolute atomic E-state index is 3.34. The van der Waals surface area contributed by atoms with Crippen molar-refractivity contribution in [3.8, 4) is 35.5 Å². The Morgan fingerprint density at radius 1 is 0.263 bits per heavy atom. The summed E-state index contributed by atoms with van der Waals surface area (Å²) >= 11 is 0. The number of hydrogen-bond acceptors (Lipinski definition) is 0. The fourth-order valence-electron chi connectivity index (χ4n) is 4.35. The summed E-state index contributed by atoms with van der Waals surface area (Å²) in [6.07, 6.45) is 0. The maximum atomic E-state index is 3.34. The first-order chi connectivity index (χ1) is 18.8. The topological polar surface area (TPSA) is 0 Å². The monoisotopic (exact) mass is 478 g/mol. The zero-order chi connectivity index (χ0) is 25.6. The lowest BCUT2D eigenvalue weighted by Gasteiger charge is -1.99. The van der Waals surface area contributed by atoms with Gasteiger partial charge in [0.2, 0.25) is 0 Å². The van der Waals surface area contributed by atoms with Crippen LogP contribution >= 0.6 is 0 Å². The van der Waals surface area contributed by atoms with Crippen LogP contribution in [0.2, 0.25) is 0 Å². The van der Waals surface area contributed by atoms with E-state index in [0.29, 0.717) is 0 Å². The molecule has 0 heteroatoms. The van der Waals surface area contributed by atoms with E-state index in [1.54, 1.807) is 0 Å². The summed E-state index contributed by atoms with van der Waals surface area (Å²) in [5, 5.41) is 4.81. The van der Waals surface area contributed by atoms with Gasteiger partial charge in [-0.1, -0.05) is 120 Å². The fourth-order valence-corrected chi connectivity index (χ4v) is 4.35. The second kappa shape index (κ2) is 10.6. The summed E-state index contributed by atoms with van der Waals surface area (Å²) < 4.78 is 0. The Balaban J connectivity index is 1.30. The van der Waals surface area contributed by atoms with Crippen molar-refractivity contribution in [2.75, 3.05) is 0 Å². The van der Waals surface area contributed by atoms with Crippen LogP contribution in [0.4, 0.5) is 0 Å². The zero-order valence-corrected chi connectivity index (χ0v) is 20.7. The number of hydrogen-bond donors (Lipinski definition) is 0. The summed E-state index contributed by atoms with van der Waals surface area (Å²) in [6.45, 7) is 0. The Kier molecular flexibility index (Phi) is 6.43. The lowest BCUT2D eigenvalue weighted by atomic mass is 10.0. The quantitative estimate of drug-likeness (QED) is 0.193. The van der Waals surface area contributed by atoms with Crippen LogP contribution in [-0.4, -0.2) is 0 Å². The minimum absolute atomic E-state index is 0.901. The number of rotatable bonds is 0. The van der Waals surface area contributed by atoms with Crippen molar-refractivity contribution in [3.05, 3.63) is 167 Å². The van der Waals surface area contributed by atoms with Crippen LogP contribution in [0.15, 0.2) is 133 Å². The molecule has 0 bridgehead atoms. The Morgan fingerprint density at radius 2 is 0.579 bits per heavy atom. The average molecular weight is 479 g/mol. The molecule has 0 unspecified atom stereocenters. The Bertz CT molecular complexity index is 1840. The number of benzene rings is 6. The van der Waals surface area contributed by atoms with Crippen molar-refractivity contribution in [3.63, 3.8) is 0 Å². The zero-order valence-electron chi connectivity index (χ0n) is 20.7. The van der Waals surface area contributed by atoms with Gasteiger partial charge in [-0.15, -0.1) is 0 Å². The molecule has 0 aliphatic carbocycles. The van der Waals surface area contributed by atoms with E-state index in [0.717, 1.165) is 33.4 Å². The molecule has 0 aromatic heterocycles. The molecular weight excluding hydrogens is 456 g/mol. The third-order valence-corrected chi connectivity index (χ3v) is 6.37. The highest BCUT2D eigenvalue weighted by Gasteiger charge is 1.99. The van der Waals surface area contributed by atoms with E-state index in [4.69, 9.17) is 0 Å². The highest BCUT2D eigenvalue weighted by atomic mass is 14.0. The predicted molar refractivity (Wildman–Crippen MR) is 159 cm³/mol. The first kappa shape index (κ1) is 23.0. The molecule has 0 saturated carbocycles. The molecule has 6 aromatic carbocycles. The molecule has 0 radical (unpaired) electrons. The summed E-state index contributed by atoms with van der Waals surface area (Å²) in [4.78, 5) is 0. The molecule has 0 atom stereocenters. The van der Waals surface area contributed by atoms with Crippen molar-refractivity contribution in [2.24, 2.45) is 0 Å². The minimum atomic E-state index is 0.901. The highest BCUT2D eigenvalue weighted by molar-refractivity contribution is 5.84. The first-order valence-corrected chi connectivity index (χ1v) is 12.5. The molecular formula is C38H22. The van der Waals surface area contributed by atoms with Crippen molar-refractivity contribution in [1.82, 2.24) is 0 Å². The molecule has 0 aliphatic rings. The third-order valence-electron chi connectivity index (χ3n) is 6.37. The van der Waals surface area contributed by atoms with Gasteiger partial charge in [0.05, 0.1) is 0 Å². The standard InChI is InChI=1S/C38H22/c1-3-11-33(31(9-1)21-17-29-19-23-35-13-5-7-15-37(35)27-29)25-26-34-12-4-2-10-32(34)22-18-30-20-24-36-14-6-8-16-38(36)28-30/h1-16,19-20,23-24,27-28H. The van der Waals surface area contributed by atoms with E-state index in [1.165, 1.54) is 21.5 Å². The van der Waals surface area contributed by atoms with E-state index in [-0.39, 0.29) is 0 Å². The van der Waals surface area contributed by atoms with Gasteiger partial charge in [0, 0.05) is 33.4 Å². The number of fused-ring (bicyclic) bond motifs is 2. The molecule has 38 heavy (non-hydrogen) atoms. The second-order valence-electron chi connectivity index (χ2n) is 8.97. The van der Waals surface area contributed by atoms with Crippen molar-refractivity contribution < 1.29 is 0 Å². The smallest absolute Gasteiger partial charge is 0.0405 e. The second-order valence-corrected chi connectivity index (χ2v) is 8.97. The summed E-state index contributed by atoms with van der Waals surface area (Å²) in [5.41, 5.74) is 5.60. The average Bonchev–Trinajstić information content (AvgIpc) is 2.98. The van der Waals surface area contributed by atoms with Crippen LogP contribution in [0.1, 0.15) is 33.4 Å². The molecule has 0 fully saturated rings. The molecule has 6 aromatic rings. The van der Waals surface area contributed by atoms with Crippen molar-refractivity contribution >= 4 is 21.5 Å². The SMILES string of the molecule is C(#Cc1ccccc1C#Cc1ccccc1C#Cc1ccc2ccccc2c1)c1ccc2ccccc2c1. The van der Waals surface area contributed by atoms with Gasteiger partial charge < -0.3 is 0 Å². The largest absolute Gasteiger partial charge is 0.0616 e. The van der Waals surface area contributed by atoms with Crippen LogP contribution in [0, 0.1) is 35.5 Å². The molecule has 0 amide bonds. The molecule has 0 N–H and O–H groups in total. The van der Waals surface area contributed by atoms with Gasteiger partial charge in [-0.25, -0.2) is 0 Å². The van der Waals surface area contributed by atoms with E-state index in [2.05, 4.69) is 120 Å². The van der Waals surface area contributed by atoms with E-state index in [9.17, 15) is 0 Å². The normalized spacial score (nSPS) is 10.0. The van der Waals surface area contributed by atoms with Gasteiger partial charge in [0.15, 0.2) is 0 Å². The summed E-state index contributed by atoms with van der Waals surface area (Å²) in [7, 11) is 0. The van der Waals surface area contributed by atoms with Crippen LogP contribution < -0.4 is 0 Å². The molecule has 0 aliphatic heterocycles. The van der Waals surface area contributed by atoms with Gasteiger partial charge >= 0.3 is 0 Å². The van der Waals surface area contributed by atoms with Crippen LogP contribution in [-0.2, 0) is 0 Å². The van der Waals surface area contributed by atoms with Gasteiger partial charge in [0.25, 0.3) is 0 Å². The molecule has 0 nitrogen and oxygen atoms in total. The van der Waals surface area contributed by atoms with Crippen LogP contribution in [0.25, 0.3) is 21.5 Å². The van der Waals surface area contributed by atoms with E-state index in [1.807, 2.05) is 48.5 Å². The van der Waals surface area contributed by atoms with E-state index < -0.39 is 0 Å². The van der Waals surface area contributed by atoms with Gasteiger partial charge in [-0.2, -0.15) is 0 Å². The fraction of sp³-hybridized carbons (Fsp3) is 0. The third kappa shape index (κ3) is 5.20. The Labute approximate surface area is 223 Å². The highest BCUT2D eigenvalue weighted by Crippen LogP contribution is 2.17. The Morgan fingerprint density at radius 3 is 0.974 bits per heavy atom. The first-order valence-electron chi connectivity index (χ1n) is 12.5. The van der Waals surface area contributed by atoms with Crippen molar-refractivity contribution in [2.45, 2.75) is 0 Å². The lowest BCUT2D eigenvalue weighted by Crippen LogP contribution is -1.86. The minimum Gasteiger partial charge on any atom is -0.0616 e. The summed E-state index contributed by atoms with van der Waals surface area (Å²) in [6, 6.07) is 45.3. The molecule has 6 rings (SSSR count). The molecule has 0 spiro atoms. The van der Waals surface area contributed by atoms with Gasteiger partial charge in [-0.05, 0) is 70.1 Å². The van der Waals surface area contributed by atoms with Crippen LogP contribution in [0.5, 0.6) is 0 Å². The van der Waals surface area contributed by atoms with Crippen molar-refractivity contribution in [1.29, 1.82) is 0 Å². The Hall–Kier alpha value is -5.48. The van der Waals surface area contributed by atoms with Crippen LogP contribution in [0.3, 0.4) is 0 Å². The maximum Gasteiger partial charge on any atom is 0.0405 e. The van der Waals surface area contributed by atoms with E-state index >= 15 is 0 Å². The predicted octanol–water partition coefficient (Wildman–Crippen LogP) is 8.19. The molecule has 0 saturated heterocycles. The molecule has 0 heterocycles. The lowest BCUT2D eigenvalue weighted by molar-refractivity contribution is 1.56. The van der Waals surface area contributed by atoms with Gasteiger partial charge in [-0.3, -0.25) is 0 Å². The van der Waals surface area contributed by atoms with Gasteiger partial charge in [0.1, 0.15) is 0 Å².